The average molecular weight is 265 g/mol. The quantitative estimate of drug-likeness (QED) is 0.821. The van der Waals surface area contributed by atoms with E-state index in [1.807, 2.05) is 0 Å². The number of phenols is 1. The number of benzene rings is 1. The van der Waals surface area contributed by atoms with Gasteiger partial charge < -0.3 is 10.4 Å². The lowest BCUT2D eigenvalue weighted by Gasteiger charge is -2.16. The van der Waals surface area contributed by atoms with Gasteiger partial charge in [-0.15, -0.1) is 0 Å². The second kappa shape index (κ2) is 5.24. The van der Waals surface area contributed by atoms with E-state index in [1.54, 1.807) is 5.32 Å². The highest BCUT2D eigenvalue weighted by Crippen LogP contribution is 2.22. The van der Waals surface area contributed by atoms with Gasteiger partial charge in [0.15, 0.2) is 0 Å². The molecule has 1 amide bonds. The summed E-state index contributed by atoms with van der Waals surface area (Å²) >= 11 is 0. The Kier molecular flexibility index (Phi) is 4.15. The van der Waals surface area contributed by atoms with E-state index in [-0.39, 0.29) is 16.9 Å². The molecule has 0 saturated carbocycles. The van der Waals surface area contributed by atoms with Crippen molar-refractivity contribution < 1.29 is 27.5 Å². The van der Waals surface area contributed by atoms with Crippen molar-refractivity contribution in [2.45, 2.75) is 19.3 Å². The highest BCUT2D eigenvalue weighted by molar-refractivity contribution is 5.96. The molecule has 0 fully saturated rings. The van der Waals surface area contributed by atoms with Crippen LogP contribution in [0.5, 0.6) is 5.75 Å². The number of carbonyl (C=O) groups excluding carboxylic acids is 1. The smallest absolute Gasteiger partial charge is 0.324 e. The largest absolute Gasteiger partial charge is 0.508 e. The van der Waals surface area contributed by atoms with Gasteiger partial charge in [-0.05, 0) is 19.1 Å². The van der Waals surface area contributed by atoms with Gasteiger partial charge in [-0.1, -0.05) is 6.07 Å². The van der Waals surface area contributed by atoms with Gasteiger partial charge in [0.25, 0.3) is 5.91 Å². The number of nitrogens with one attached hydrogen (secondary N) is 1. The third-order valence-corrected chi connectivity index (χ3v) is 2.35. The molecule has 18 heavy (non-hydrogen) atoms. The van der Waals surface area contributed by atoms with E-state index in [0.29, 0.717) is 0 Å². The van der Waals surface area contributed by atoms with Gasteiger partial charge in [0.1, 0.15) is 5.75 Å². The van der Waals surface area contributed by atoms with Crippen LogP contribution in [0.1, 0.15) is 15.9 Å². The van der Waals surface area contributed by atoms with E-state index in [1.165, 1.54) is 25.1 Å². The molecular weight excluding hydrogens is 254 g/mol. The lowest BCUT2D eigenvalue weighted by molar-refractivity contribution is -0.123. The lowest BCUT2D eigenvalue weighted by atomic mass is 10.1. The first kappa shape index (κ1) is 14.3. The molecule has 0 aliphatic heterocycles. The fourth-order valence-corrected chi connectivity index (χ4v) is 1.24. The van der Waals surface area contributed by atoms with Crippen LogP contribution < -0.4 is 5.32 Å². The minimum absolute atomic E-state index is 0.0416. The molecule has 1 aromatic rings. The van der Waals surface area contributed by atoms with Crippen molar-refractivity contribution in [1.82, 2.24) is 5.32 Å². The van der Waals surface area contributed by atoms with Crippen molar-refractivity contribution in [2.24, 2.45) is 0 Å². The maximum absolute atomic E-state index is 12.6. The van der Waals surface area contributed by atoms with Crippen LogP contribution in [0.3, 0.4) is 0 Å². The van der Waals surface area contributed by atoms with Gasteiger partial charge in [0.05, 0.1) is 6.54 Å². The Labute approximate surface area is 100 Å². The molecule has 0 aliphatic carbocycles. The predicted octanol–water partition coefficient (Wildman–Crippen LogP) is 2.33. The zero-order valence-electron chi connectivity index (χ0n) is 9.38. The minimum atomic E-state index is -4.28. The highest BCUT2D eigenvalue weighted by atomic mass is 19.3. The number of aromatic hydroxyl groups is 1. The summed E-state index contributed by atoms with van der Waals surface area (Å²) in [4.78, 5) is 11.5. The molecule has 0 aromatic heterocycles. The molecule has 100 valence electrons. The van der Waals surface area contributed by atoms with Crippen LogP contribution in [-0.2, 0) is 0 Å². The molecule has 7 heteroatoms. The number of hydrogen-bond acceptors (Lipinski definition) is 2. The summed E-state index contributed by atoms with van der Waals surface area (Å²) in [5.41, 5.74) is 0.149. The first-order valence-electron chi connectivity index (χ1n) is 4.98. The maximum Gasteiger partial charge on any atom is 0.324 e. The third kappa shape index (κ3) is 3.12. The van der Waals surface area contributed by atoms with E-state index >= 15 is 0 Å². The van der Waals surface area contributed by atoms with Crippen LogP contribution in [0.2, 0.25) is 0 Å². The van der Waals surface area contributed by atoms with E-state index < -0.39 is 24.8 Å². The lowest BCUT2D eigenvalue weighted by Crippen LogP contribution is -2.41. The highest BCUT2D eigenvalue weighted by Gasteiger charge is 2.40. The monoisotopic (exact) mass is 265 g/mol. The third-order valence-electron chi connectivity index (χ3n) is 2.35. The molecule has 1 aromatic carbocycles. The topological polar surface area (TPSA) is 49.3 Å². The molecule has 2 N–H and O–H groups in total. The Morgan fingerprint density at radius 2 is 2.06 bits per heavy atom. The van der Waals surface area contributed by atoms with Crippen molar-refractivity contribution in [3.8, 4) is 5.75 Å². The van der Waals surface area contributed by atoms with Gasteiger partial charge >= 0.3 is 12.3 Å². The number of hydrogen-bond donors (Lipinski definition) is 2. The van der Waals surface area contributed by atoms with E-state index in [9.17, 15) is 27.5 Å². The van der Waals surface area contributed by atoms with Gasteiger partial charge in [-0.25, -0.2) is 8.78 Å². The van der Waals surface area contributed by atoms with Crippen LogP contribution in [0, 0.1) is 6.92 Å². The van der Waals surface area contributed by atoms with Crippen LogP contribution in [-0.4, -0.2) is 29.9 Å². The number of phenolic OH excluding ortho intramolecular Hbond substituents is 1. The van der Waals surface area contributed by atoms with Gasteiger partial charge in [0.2, 0.25) is 0 Å². The van der Waals surface area contributed by atoms with Crippen molar-refractivity contribution in [3.63, 3.8) is 0 Å². The van der Waals surface area contributed by atoms with Crippen molar-refractivity contribution in [1.29, 1.82) is 0 Å². The molecule has 0 aliphatic rings. The molecule has 0 unspecified atom stereocenters. The van der Waals surface area contributed by atoms with E-state index in [2.05, 4.69) is 0 Å². The second-order valence-electron chi connectivity index (χ2n) is 3.69. The van der Waals surface area contributed by atoms with E-state index in [0.717, 1.165) is 0 Å². The molecule has 0 radical (unpaired) electrons. The Morgan fingerprint density at radius 1 is 1.44 bits per heavy atom. The van der Waals surface area contributed by atoms with Crippen LogP contribution in [0.4, 0.5) is 17.6 Å². The number of amides is 1. The summed E-state index contributed by atoms with van der Waals surface area (Å²) in [5, 5.41) is 11.0. The van der Waals surface area contributed by atoms with Crippen molar-refractivity contribution in [3.05, 3.63) is 29.3 Å². The normalized spacial score (nSPS) is 11.7. The molecule has 0 heterocycles. The van der Waals surface area contributed by atoms with Crippen LogP contribution in [0.25, 0.3) is 0 Å². The Bertz CT molecular complexity index is 449. The first-order valence-corrected chi connectivity index (χ1v) is 4.98. The Balaban J connectivity index is 2.75. The zero-order chi connectivity index (χ0) is 13.9. The molecule has 0 bridgehead atoms. The summed E-state index contributed by atoms with van der Waals surface area (Å²) in [6.07, 6.45) is -3.84. The van der Waals surface area contributed by atoms with Crippen LogP contribution >= 0.6 is 0 Å². The molecule has 1 rings (SSSR count). The SMILES string of the molecule is Cc1c(O)cccc1C(=O)NCC(F)(F)C(F)F. The molecule has 0 spiro atoms. The zero-order valence-corrected chi connectivity index (χ0v) is 9.38. The predicted molar refractivity (Wildman–Crippen MR) is 56.1 cm³/mol. The number of carbonyl (C=O) groups is 1. The first-order chi connectivity index (χ1) is 8.25. The molecule has 0 saturated heterocycles. The minimum Gasteiger partial charge on any atom is -0.508 e. The fraction of sp³-hybridized carbons (Fsp3) is 0.364. The Hall–Kier alpha value is -1.79. The summed E-state index contributed by atoms with van der Waals surface area (Å²) in [6.45, 7) is -0.0475. The van der Waals surface area contributed by atoms with Gasteiger partial charge in [0, 0.05) is 11.1 Å². The van der Waals surface area contributed by atoms with Gasteiger partial charge in [-0.2, -0.15) is 8.78 Å². The summed E-state index contributed by atoms with van der Waals surface area (Å²) in [6, 6.07) is 3.97. The van der Waals surface area contributed by atoms with E-state index in [4.69, 9.17) is 0 Å². The summed E-state index contributed by atoms with van der Waals surface area (Å²) < 4.78 is 48.9. The average Bonchev–Trinajstić information content (AvgIpc) is 2.29. The standard InChI is InChI=1S/C11H11F4NO2/c1-6-7(3-2-4-8(6)17)9(18)16-5-11(14,15)10(12)13/h2-4,10,17H,5H2,1H3,(H,16,18). The summed E-state index contributed by atoms with van der Waals surface area (Å²) in [5.74, 6) is -5.40. The maximum atomic E-state index is 12.6. The summed E-state index contributed by atoms with van der Waals surface area (Å²) in [7, 11) is 0. The molecular formula is C11H11F4NO2. The second-order valence-corrected chi connectivity index (χ2v) is 3.69. The number of alkyl halides is 4. The van der Waals surface area contributed by atoms with Crippen molar-refractivity contribution in [2.75, 3.05) is 6.54 Å². The molecule has 3 nitrogen and oxygen atoms in total. The van der Waals surface area contributed by atoms with Crippen molar-refractivity contribution >= 4 is 5.91 Å². The van der Waals surface area contributed by atoms with Gasteiger partial charge in [-0.3, -0.25) is 4.79 Å². The molecule has 0 atom stereocenters. The Morgan fingerprint density at radius 3 is 2.61 bits per heavy atom. The number of rotatable bonds is 4. The van der Waals surface area contributed by atoms with Crippen LogP contribution in [0.15, 0.2) is 18.2 Å². The fourth-order valence-electron chi connectivity index (χ4n) is 1.24. The number of halogens is 4.